The number of rotatable bonds is 5. The molecule has 0 spiro atoms. The first kappa shape index (κ1) is 20.9. The SMILES string of the molecule is CN(C)C(=O)c1ccc(-c2cc(-c3cc(Cc4cc(N)ccn4)ncn3)cnc2N)nc1. The largest absolute Gasteiger partial charge is 0.399 e. The zero-order chi connectivity index (χ0) is 22.7. The van der Waals surface area contributed by atoms with Crippen LogP contribution in [0, 0.1) is 0 Å². The summed E-state index contributed by atoms with van der Waals surface area (Å²) in [4.78, 5) is 35.4. The molecule has 4 aromatic rings. The van der Waals surface area contributed by atoms with Gasteiger partial charge >= 0.3 is 0 Å². The number of carbonyl (C=O) groups is 1. The van der Waals surface area contributed by atoms with Crippen molar-refractivity contribution in [1.82, 2.24) is 29.8 Å². The molecule has 0 unspecified atom stereocenters. The summed E-state index contributed by atoms with van der Waals surface area (Å²) in [5.74, 6) is 0.221. The van der Waals surface area contributed by atoms with Gasteiger partial charge in [0, 0.05) is 61.6 Å². The summed E-state index contributed by atoms with van der Waals surface area (Å²) in [6.45, 7) is 0. The maximum atomic E-state index is 12.1. The summed E-state index contributed by atoms with van der Waals surface area (Å²) in [5.41, 5.74) is 17.5. The average Bonchev–Trinajstić information content (AvgIpc) is 2.79. The van der Waals surface area contributed by atoms with Crippen LogP contribution in [0.2, 0.25) is 0 Å². The molecule has 0 aliphatic carbocycles. The predicted molar refractivity (Wildman–Crippen MR) is 122 cm³/mol. The van der Waals surface area contributed by atoms with Crippen molar-refractivity contribution in [3.05, 3.63) is 78.3 Å². The second-order valence-electron chi connectivity index (χ2n) is 7.44. The number of nitrogens with two attached hydrogens (primary N) is 2. The van der Waals surface area contributed by atoms with Crippen molar-refractivity contribution in [3.63, 3.8) is 0 Å². The molecule has 0 aromatic carbocycles. The Kier molecular flexibility index (Phi) is 5.71. The van der Waals surface area contributed by atoms with Gasteiger partial charge in [0.2, 0.25) is 0 Å². The third-order valence-corrected chi connectivity index (χ3v) is 4.83. The molecule has 160 valence electrons. The van der Waals surface area contributed by atoms with E-state index in [4.69, 9.17) is 11.5 Å². The van der Waals surface area contributed by atoms with Crippen molar-refractivity contribution >= 4 is 17.4 Å². The maximum Gasteiger partial charge on any atom is 0.254 e. The third kappa shape index (κ3) is 4.51. The van der Waals surface area contributed by atoms with Gasteiger partial charge in [-0.25, -0.2) is 15.0 Å². The second kappa shape index (κ2) is 8.76. The van der Waals surface area contributed by atoms with Crippen LogP contribution in [0.15, 0.2) is 61.3 Å². The first-order chi connectivity index (χ1) is 15.4. The fourth-order valence-corrected chi connectivity index (χ4v) is 3.19. The summed E-state index contributed by atoms with van der Waals surface area (Å²) >= 11 is 0. The van der Waals surface area contributed by atoms with Crippen LogP contribution in [0.25, 0.3) is 22.5 Å². The standard InChI is InChI=1S/C23H22N8O/c1-31(2)23(32)14-3-4-20(27-11-14)19-7-15(12-28-22(19)25)21-10-18(29-13-30-21)9-17-8-16(24)5-6-26-17/h3-8,10-13H,9H2,1-2H3,(H2,24,26)(H2,25,28). The molecule has 0 radical (unpaired) electrons. The van der Waals surface area contributed by atoms with Gasteiger partial charge in [-0.2, -0.15) is 0 Å². The molecule has 9 heteroatoms. The summed E-state index contributed by atoms with van der Waals surface area (Å²) in [6, 6.07) is 10.8. The smallest absolute Gasteiger partial charge is 0.254 e. The predicted octanol–water partition coefficient (Wildman–Crippen LogP) is 2.45. The molecule has 1 amide bonds. The Morgan fingerprint density at radius 1 is 0.875 bits per heavy atom. The number of pyridine rings is 3. The fourth-order valence-electron chi connectivity index (χ4n) is 3.19. The Hall–Kier alpha value is -4.40. The lowest BCUT2D eigenvalue weighted by molar-refractivity contribution is 0.0827. The molecule has 32 heavy (non-hydrogen) atoms. The Labute approximate surface area is 185 Å². The Bertz CT molecular complexity index is 1270. The third-order valence-electron chi connectivity index (χ3n) is 4.83. The van der Waals surface area contributed by atoms with E-state index in [1.165, 1.54) is 17.4 Å². The van der Waals surface area contributed by atoms with Crippen LogP contribution in [0.4, 0.5) is 11.5 Å². The van der Waals surface area contributed by atoms with E-state index in [9.17, 15) is 4.79 Å². The first-order valence-corrected chi connectivity index (χ1v) is 9.86. The molecule has 4 aromatic heterocycles. The number of nitrogen functional groups attached to an aromatic ring is 2. The molecule has 0 aliphatic rings. The molecule has 0 atom stereocenters. The van der Waals surface area contributed by atoms with E-state index >= 15 is 0 Å². The van der Waals surface area contributed by atoms with Crippen molar-refractivity contribution in [2.45, 2.75) is 6.42 Å². The van der Waals surface area contributed by atoms with Gasteiger partial charge in [0.15, 0.2) is 0 Å². The van der Waals surface area contributed by atoms with Gasteiger partial charge in [0.05, 0.1) is 22.6 Å². The Morgan fingerprint density at radius 2 is 1.69 bits per heavy atom. The highest BCUT2D eigenvalue weighted by molar-refractivity contribution is 5.94. The van der Waals surface area contributed by atoms with Crippen LogP contribution in [-0.2, 0) is 6.42 Å². The molecule has 9 nitrogen and oxygen atoms in total. The summed E-state index contributed by atoms with van der Waals surface area (Å²) in [6.07, 6.45) is 6.90. The second-order valence-corrected chi connectivity index (χ2v) is 7.44. The monoisotopic (exact) mass is 426 g/mol. The van der Waals surface area contributed by atoms with Crippen LogP contribution in [0.3, 0.4) is 0 Å². The minimum Gasteiger partial charge on any atom is -0.399 e. The quantitative estimate of drug-likeness (QED) is 0.496. The van der Waals surface area contributed by atoms with E-state index in [2.05, 4.69) is 24.9 Å². The number of amides is 1. The van der Waals surface area contributed by atoms with Crippen molar-refractivity contribution in [3.8, 4) is 22.5 Å². The zero-order valence-corrected chi connectivity index (χ0v) is 17.7. The fraction of sp³-hybridized carbons (Fsp3) is 0.130. The number of carbonyl (C=O) groups excluding carboxylic acids is 1. The number of hydrogen-bond donors (Lipinski definition) is 2. The molecule has 0 saturated carbocycles. The normalized spacial score (nSPS) is 10.7. The highest BCUT2D eigenvalue weighted by Gasteiger charge is 2.13. The van der Waals surface area contributed by atoms with Gasteiger partial charge in [0.1, 0.15) is 12.1 Å². The molecule has 0 fully saturated rings. The van der Waals surface area contributed by atoms with Gasteiger partial charge in [-0.15, -0.1) is 0 Å². The van der Waals surface area contributed by atoms with E-state index < -0.39 is 0 Å². The number of hydrogen-bond acceptors (Lipinski definition) is 8. The first-order valence-electron chi connectivity index (χ1n) is 9.86. The number of aromatic nitrogens is 5. The average molecular weight is 426 g/mol. The molecular formula is C23H22N8O. The van der Waals surface area contributed by atoms with Gasteiger partial charge in [-0.05, 0) is 36.4 Å². The van der Waals surface area contributed by atoms with Gasteiger partial charge in [0.25, 0.3) is 5.91 Å². The number of anilines is 2. The van der Waals surface area contributed by atoms with Crippen LogP contribution in [0.5, 0.6) is 0 Å². The van der Waals surface area contributed by atoms with E-state index in [0.29, 0.717) is 40.4 Å². The molecule has 0 saturated heterocycles. The van der Waals surface area contributed by atoms with Crippen molar-refractivity contribution in [1.29, 1.82) is 0 Å². The van der Waals surface area contributed by atoms with Crippen LogP contribution in [-0.4, -0.2) is 49.8 Å². The topological polar surface area (TPSA) is 137 Å². The minimum atomic E-state index is -0.118. The molecule has 4 heterocycles. The van der Waals surface area contributed by atoms with Crippen molar-refractivity contribution in [2.24, 2.45) is 0 Å². The molecule has 4 N–H and O–H groups in total. The van der Waals surface area contributed by atoms with Gasteiger partial charge in [-0.1, -0.05) is 0 Å². The van der Waals surface area contributed by atoms with E-state index in [1.807, 2.05) is 18.2 Å². The lowest BCUT2D eigenvalue weighted by Gasteiger charge is -2.11. The lowest BCUT2D eigenvalue weighted by atomic mass is 10.1. The molecule has 0 bridgehead atoms. The highest BCUT2D eigenvalue weighted by Crippen LogP contribution is 2.28. The zero-order valence-electron chi connectivity index (χ0n) is 17.7. The van der Waals surface area contributed by atoms with Crippen molar-refractivity contribution in [2.75, 3.05) is 25.6 Å². The number of nitrogens with zero attached hydrogens (tertiary/aromatic N) is 6. The van der Waals surface area contributed by atoms with Gasteiger partial charge in [-0.3, -0.25) is 14.8 Å². The summed E-state index contributed by atoms with van der Waals surface area (Å²) in [5, 5.41) is 0. The van der Waals surface area contributed by atoms with Crippen molar-refractivity contribution < 1.29 is 4.79 Å². The highest BCUT2D eigenvalue weighted by atomic mass is 16.2. The maximum absolute atomic E-state index is 12.1. The van der Waals surface area contributed by atoms with Crippen LogP contribution < -0.4 is 11.5 Å². The Balaban J connectivity index is 1.64. The minimum absolute atomic E-state index is 0.118. The van der Waals surface area contributed by atoms with E-state index in [-0.39, 0.29) is 5.91 Å². The van der Waals surface area contributed by atoms with Crippen LogP contribution in [0.1, 0.15) is 21.7 Å². The van der Waals surface area contributed by atoms with E-state index in [1.54, 1.807) is 44.7 Å². The molecular weight excluding hydrogens is 404 g/mol. The summed E-state index contributed by atoms with van der Waals surface area (Å²) in [7, 11) is 3.39. The van der Waals surface area contributed by atoms with E-state index in [0.717, 1.165) is 17.0 Å². The van der Waals surface area contributed by atoms with Gasteiger partial charge < -0.3 is 16.4 Å². The lowest BCUT2D eigenvalue weighted by Crippen LogP contribution is -2.21. The summed E-state index contributed by atoms with van der Waals surface area (Å²) < 4.78 is 0. The molecule has 0 aliphatic heterocycles. The van der Waals surface area contributed by atoms with Crippen LogP contribution >= 0.6 is 0 Å². The molecule has 4 rings (SSSR count). The Morgan fingerprint density at radius 3 is 2.41 bits per heavy atom.